The fourth-order valence-corrected chi connectivity index (χ4v) is 4.70. The topological polar surface area (TPSA) is 75.6 Å². The molecule has 2 aliphatic rings. The molecule has 5 nitrogen and oxygen atoms in total. The molecule has 0 saturated carbocycles. The van der Waals surface area contributed by atoms with E-state index in [1.54, 1.807) is 11.3 Å². The van der Waals surface area contributed by atoms with Crippen molar-refractivity contribution in [2.45, 2.75) is 51.4 Å². The highest BCUT2D eigenvalue weighted by atomic mass is 32.1. The van der Waals surface area contributed by atoms with Crippen molar-refractivity contribution in [1.82, 2.24) is 5.32 Å². The summed E-state index contributed by atoms with van der Waals surface area (Å²) in [6, 6.07) is 2.01. The second kappa shape index (κ2) is 7.66. The Balaban J connectivity index is 1.66. The van der Waals surface area contributed by atoms with Crippen molar-refractivity contribution in [3.05, 3.63) is 21.4 Å². The van der Waals surface area contributed by atoms with E-state index in [1.165, 1.54) is 36.1 Å². The first-order chi connectivity index (χ1) is 11.6. The van der Waals surface area contributed by atoms with Gasteiger partial charge in [-0.15, -0.1) is 11.3 Å². The molecule has 24 heavy (non-hydrogen) atoms. The molecule has 132 valence electrons. The number of hydrogen-bond acceptors (Lipinski definition) is 4. The molecular weight excluding hydrogens is 326 g/mol. The minimum Gasteiger partial charge on any atom is -0.481 e. The third kappa shape index (κ3) is 3.81. The number of ether oxygens (including phenoxy) is 1. The van der Waals surface area contributed by atoms with Crippen molar-refractivity contribution in [1.29, 1.82) is 0 Å². The monoisotopic (exact) mass is 351 g/mol. The molecule has 3 rings (SSSR count). The fraction of sp³-hybridized carbons (Fsp3) is 0.667. The quantitative estimate of drug-likeness (QED) is 0.874. The van der Waals surface area contributed by atoms with Crippen LogP contribution >= 0.6 is 11.3 Å². The molecule has 1 aromatic heterocycles. The van der Waals surface area contributed by atoms with Crippen LogP contribution in [0.2, 0.25) is 0 Å². The van der Waals surface area contributed by atoms with Crippen LogP contribution in [0.15, 0.2) is 6.07 Å². The van der Waals surface area contributed by atoms with E-state index in [0.29, 0.717) is 17.9 Å². The van der Waals surface area contributed by atoms with Crippen LogP contribution in [0.1, 0.15) is 58.6 Å². The lowest BCUT2D eigenvalue weighted by Crippen LogP contribution is -2.48. The first-order valence-corrected chi connectivity index (χ1v) is 9.63. The Morgan fingerprint density at radius 2 is 2.00 bits per heavy atom. The molecule has 1 fully saturated rings. The van der Waals surface area contributed by atoms with Gasteiger partial charge in [-0.3, -0.25) is 9.59 Å². The van der Waals surface area contributed by atoms with Gasteiger partial charge in [0.1, 0.15) is 5.41 Å². The molecule has 1 aromatic rings. The fourth-order valence-electron chi connectivity index (χ4n) is 3.53. The van der Waals surface area contributed by atoms with Crippen LogP contribution in [0.5, 0.6) is 0 Å². The molecule has 1 aliphatic heterocycles. The van der Waals surface area contributed by atoms with Gasteiger partial charge in [0.05, 0.1) is 11.5 Å². The van der Waals surface area contributed by atoms with Gasteiger partial charge in [0.2, 0.25) is 0 Å². The van der Waals surface area contributed by atoms with Crippen LogP contribution in [-0.2, 0) is 22.4 Å². The average molecular weight is 351 g/mol. The summed E-state index contributed by atoms with van der Waals surface area (Å²) in [6.07, 6.45) is 8.27. The second-order valence-corrected chi connectivity index (χ2v) is 8.03. The highest BCUT2D eigenvalue weighted by molar-refractivity contribution is 7.14. The molecule has 2 heterocycles. The van der Waals surface area contributed by atoms with Crippen LogP contribution in [0.3, 0.4) is 0 Å². The number of nitrogens with one attached hydrogen (secondary N) is 1. The number of aryl methyl sites for hydroxylation is 2. The first kappa shape index (κ1) is 17.4. The predicted molar refractivity (Wildman–Crippen MR) is 92.7 cm³/mol. The summed E-state index contributed by atoms with van der Waals surface area (Å²) >= 11 is 1.57. The third-order valence-electron chi connectivity index (χ3n) is 5.08. The summed E-state index contributed by atoms with van der Waals surface area (Å²) < 4.78 is 5.35. The number of thiophene rings is 1. The number of carbonyl (C=O) groups is 2. The summed E-state index contributed by atoms with van der Waals surface area (Å²) in [5, 5.41) is 12.4. The van der Waals surface area contributed by atoms with Crippen molar-refractivity contribution < 1.29 is 19.4 Å². The van der Waals surface area contributed by atoms with Gasteiger partial charge in [0.25, 0.3) is 5.91 Å². The number of rotatable bonds is 4. The predicted octanol–water partition coefficient (Wildman–Crippen LogP) is 3.02. The molecule has 0 spiro atoms. The highest BCUT2D eigenvalue weighted by Crippen LogP contribution is 2.30. The van der Waals surface area contributed by atoms with Crippen molar-refractivity contribution in [2.24, 2.45) is 5.41 Å². The molecule has 1 atom stereocenters. The number of hydrogen-bond donors (Lipinski definition) is 2. The maximum atomic E-state index is 12.5. The van der Waals surface area contributed by atoms with Crippen molar-refractivity contribution in [2.75, 3.05) is 19.8 Å². The second-order valence-electron chi connectivity index (χ2n) is 6.90. The van der Waals surface area contributed by atoms with E-state index in [9.17, 15) is 14.7 Å². The Morgan fingerprint density at radius 1 is 1.21 bits per heavy atom. The number of carboxylic acids is 1. The molecule has 2 N–H and O–H groups in total. The number of aliphatic carboxylic acids is 1. The number of amides is 1. The van der Waals surface area contributed by atoms with Crippen molar-refractivity contribution in [3.8, 4) is 0 Å². The SMILES string of the molecule is O=C(NCC1(C(=O)O)CCCOC1)c1cc2c(s1)CCCCCC2. The largest absolute Gasteiger partial charge is 0.481 e. The van der Waals surface area contributed by atoms with Gasteiger partial charge in [0, 0.05) is 18.0 Å². The number of fused-ring (bicyclic) bond motifs is 1. The number of carboxylic acid groups (broad SMARTS) is 1. The van der Waals surface area contributed by atoms with E-state index < -0.39 is 11.4 Å². The molecule has 1 amide bonds. The molecule has 1 saturated heterocycles. The summed E-state index contributed by atoms with van der Waals surface area (Å²) in [7, 11) is 0. The van der Waals surface area contributed by atoms with Crippen LogP contribution < -0.4 is 5.32 Å². The molecule has 0 bridgehead atoms. The maximum Gasteiger partial charge on any atom is 0.313 e. The third-order valence-corrected chi connectivity index (χ3v) is 6.32. The Bertz CT molecular complexity index is 579. The van der Waals surface area contributed by atoms with Gasteiger partial charge >= 0.3 is 5.97 Å². The Kier molecular flexibility index (Phi) is 5.56. The molecule has 6 heteroatoms. The van der Waals surface area contributed by atoms with Gasteiger partial charge in [-0.25, -0.2) is 0 Å². The molecule has 1 aliphatic carbocycles. The Hall–Kier alpha value is -1.40. The van der Waals surface area contributed by atoms with Crippen LogP contribution in [0.4, 0.5) is 0 Å². The van der Waals surface area contributed by atoms with Gasteiger partial charge < -0.3 is 15.2 Å². The van der Waals surface area contributed by atoms with E-state index in [0.717, 1.165) is 19.3 Å². The van der Waals surface area contributed by atoms with Gasteiger partial charge in [-0.2, -0.15) is 0 Å². The summed E-state index contributed by atoms with van der Waals surface area (Å²) in [5.41, 5.74) is 0.318. The first-order valence-electron chi connectivity index (χ1n) is 8.82. The average Bonchev–Trinajstić information content (AvgIpc) is 2.95. The molecule has 0 radical (unpaired) electrons. The van der Waals surface area contributed by atoms with Crippen LogP contribution in [0, 0.1) is 5.41 Å². The van der Waals surface area contributed by atoms with Gasteiger partial charge in [0.15, 0.2) is 0 Å². The van der Waals surface area contributed by atoms with Gasteiger partial charge in [-0.05, 0) is 50.2 Å². The Labute approximate surface area is 146 Å². The molecular formula is C18H25NO4S. The lowest BCUT2D eigenvalue weighted by Gasteiger charge is -2.32. The smallest absolute Gasteiger partial charge is 0.313 e. The zero-order valence-electron chi connectivity index (χ0n) is 13.9. The summed E-state index contributed by atoms with van der Waals surface area (Å²) in [4.78, 5) is 26.2. The van der Waals surface area contributed by atoms with E-state index in [-0.39, 0.29) is 19.1 Å². The minimum atomic E-state index is -0.986. The van der Waals surface area contributed by atoms with Crippen LogP contribution in [0.25, 0.3) is 0 Å². The van der Waals surface area contributed by atoms with Crippen molar-refractivity contribution in [3.63, 3.8) is 0 Å². The van der Waals surface area contributed by atoms with Crippen molar-refractivity contribution >= 4 is 23.2 Å². The van der Waals surface area contributed by atoms with E-state index in [1.807, 2.05) is 6.07 Å². The molecule has 0 aromatic carbocycles. The summed E-state index contributed by atoms with van der Waals surface area (Å²) in [6.45, 7) is 0.897. The normalized spacial score (nSPS) is 24.5. The van der Waals surface area contributed by atoms with E-state index in [4.69, 9.17) is 4.74 Å². The minimum absolute atomic E-state index is 0.129. The van der Waals surface area contributed by atoms with E-state index in [2.05, 4.69) is 5.32 Å². The lowest BCUT2D eigenvalue weighted by atomic mass is 9.82. The van der Waals surface area contributed by atoms with Gasteiger partial charge in [-0.1, -0.05) is 12.8 Å². The zero-order valence-corrected chi connectivity index (χ0v) is 14.8. The number of carbonyl (C=O) groups excluding carboxylic acids is 1. The lowest BCUT2D eigenvalue weighted by molar-refractivity contribution is -0.156. The molecule has 1 unspecified atom stereocenters. The highest BCUT2D eigenvalue weighted by Gasteiger charge is 2.41. The van der Waals surface area contributed by atoms with E-state index >= 15 is 0 Å². The standard InChI is InChI=1S/C18H25NO4S/c20-16(19-11-18(17(21)22)8-5-9-23-12-18)15-10-13-6-3-1-2-4-7-14(13)24-15/h10H,1-9,11-12H2,(H,19,20)(H,21,22). The van der Waals surface area contributed by atoms with Crippen LogP contribution in [-0.4, -0.2) is 36.7 Å². The zero-order chi connectivity index (χ0) is 17.0. The summed E-state index contributed by atoms with van der Waals surface area (Å²) in [5.74, 6) is -1.04. The maximum absolute atomic E-state index is 12.5. The Morgan fingerprint density at radius 3 is 2.71 bits per heavy atom.